The van der Waals surface area contributed by atoms with Crippen LogP contribution in [0.3, 0.4) is 0 Å². The smallest absolute Gasteiger partial charge is 0.269 e. The second kappa shape index (κ2) is 13.5. The average Bonchev–Trinajstić information content (AvgIpc) is 2.80. The molecule has 0 saturated heterocycles. The topological polar surface area (TPSA) is 92.6 Å². The summed E-state index contributed by atoms with van der Waals surface area (Å²) in [4.78, 5) is 37.6. The number of hydrogen-bond acceptors (Lipinski definition) is 5. The highest BCUT2D eigenvalue weighted by Crippen LogP contribution is 2.18. The van der Waals surface area contributed by atoms with E-state index >= 15 is 0 Å². The van der Waals surface area contributed by atoms with Crippen molar-refractivity contribution < 1.29 is 14.5 Å². The van der Waals surface area contributed by atoms with Crippen LogP contribution in [0.25, 0.3) is 0 Å². The Morgan fingerprint density at radius 1 is 1.09 bits per heavy atom. The summed E-state index contributed by atoms with van der Waals surface area (Å²) >= 11 is 1.44. The highest BCUT2D eigenvalue weighted by molar-refractivity contribution is 7.99. The fourth-order valence-corrected chi connectivity index (χ4v) is 4.03. The van der Waals surface area contributed by atoms with Gasteiger partial charge >= 0.3 is 0 Å². The summed E-state index contributed by atoms with van der Waals surface area (Å²) in [7, 11) is 0. The molecule has 0 spiro atoms. The number of rotatable bonds is 13. The zero-order valence-electron chi connectivity index (χ0n) is 18.7. The Balaban J connectivity index is 1.96. The standard InChI is InChI=1S/C24H31N3O4S/c1-3-4-15-25-24(29)19(2)26(16-14-20-8-6-5-7-9-20)23(28)18-32-17-21-10-12-22(13-11-21)27(30)31/h5-13,19H,3-4,14-18H2,1-2H3,(H,25,29)/t19-/m0/s1. The molecular weight excluding hydrogens is 426 g/mol. The Morgan fingerprint density at radius 3 is 2.41 bits per heavy atom. The van der Waals surface area contributed by atoms with Crippen molar-refractivity contribution in [3.63, 3.8) is 0 Å². The summed E-state index contributed by atoms with van der Waals surface area (Å²) in [6.07, 6.45) is 2.57. The number of thioether (sulfide) groups is 1. The first-order valence-electron chi connectivity index (χ1n) is 10.8. The van der Waals surface area contributed by atoms with E-state index in [1.165, 1.54) is 23.9 Å². The SMILES string of the molecule is CCCCNC(=O)[C@H](C)N(CCc1ccccc1)C(=O)CSCc1ccc([N+](=O)[O-])cc1. The van der Waals surface area contributed by atoms with Gasteiger partial charge in [0.25, 0.3) is 5.69 Å². The van der Waals surface area contributed by atoms with E-state index in [4.69, 9.17) is 0 Å². The normalized spacial score (nSPS) is 11.6. The van der Waals surface area contributed by atoms with Gasteiger partial charge in [0.2, 0.25) is 11.8 Å². The Labute approximate surface area is 193 Å². The van der Waals surface area contributed by atoms with Crippen molar-refractivity contribution in [2.75, 3.05) is 18.8 Å². The average molecular weight is 458 g/mol. The van der Waals surface area contributed by atoms with Crippen LogP contribution < -0.4 is 5.32 Å². The molecule has 0 aliphatic carbocycles. The van der Waals surface area contributed by atoms with Gasteiger partial charge in [0, 0.05) is 31.0 Å². The third-order valence-corrected chi connectivity index (χ3v) is 6.11. The third-order valence-electron chi connectivity index (χ3n) is 5.12. The quantitative estimate of drug-likeness (QED) is 0.276. The minimum absolute atomic E-state index is 0.0461. The molecule has 0 heterocycles. The molecule has 2 aromatic rings. The van der Waals surface area contributed by atoms with Gasteiger partial charge in [0.05, 0.1) is 10.7 Å². The van der Waals surface area contributed by atoms with Gasteiger partial charge in [-0.2, -0.15) is 0 Å². The lowest BCUT2D eigenvalue weighted by atomic mass is 10.1. The van der Waals surface area contributed by atoms with Crippen LogP contribution in [0, 0.1) is 10.1 Å². The maximum atomic E-state index is 13.0. The molecule has 0 aliphatic rings. The molecule has 2 amide bonds. The van der Waals surface area contributed by atoms with Crippen LogP contribution in [0.4, 0.5) is 5.69 Å². The Hall–Kier alpha value is -2.87. The van der Waals surface area contributed by atoms with Crippen molar-refractivity contribution in [2.45, 2.75) is 44.9 Å². The summed E-state index contributed by atoms with van der Waals surface area (Å²) in [5.41, 5.74) is 2.07. The Kier molecular flexibility index (Phi) is 10.7. The predicted octanol–water partition coefficient (Wildman–Crippen LogP) is 4.20. The molecule has 8 heteroatoms. The summed E-state index contributed by atoms with van der Waals surface area (Å²) in [5.74, 6) is 0.567. The van der Waals surface area contributed by atoms with Crippen LogP contribution in [0.2, 0.25) is 0 Å². The first-order chi connectivity index (χ1) is 15.4. The minimum atomic E-state index is -0.553. The van der Waals surface area contributed by atoms with E-state index in [9.17, 15) is 19.7 Å². The first-order valence-corrected chi connectivity index (χ1v) is 12.0. The summed E-state index contributed by atoms with van der Waals surface area (Å²) in [6, 6.07) is 15.7. The van der Waals surface area contributed by atoms with Gasteiger partial charge in [-0.3, -0.25) is 19.7 Å². The molecule has 1 atom stereocenters. The molecule has 0 bridgehead atoms. The van der Waals surface area contributed by atoms with E-state index in [1.807, 2.05) is 30.3 Å². The molecule has 1 N–H and O–H groups in total. The number of non-ortho nitro benzene ring substituents is 1. The molecule has 7 nitrogen and oxygen atoms in total. The van der Waals surface area contributed by atoms with Gasteiger partial charge in [0.15, 0.2) is 0 Å². The third kappa shape index (κ3) is 8.34. The number of amides is 2. The number of carbonyl (C=O) groups excluding carboxylic acids is 2. The molecule has 2 rings (SSSR count). The number of carbonyl (C=O) groups is 2. The molecular formula is C24H31N3O4S. The minimum Gasteiger partial charge on any atom is -0.354 e. The zero-order valence-corrected chi connectivity index (χ0v) is 19.5. The van der Waals surface area contributed by atoms with E-state index in [2.05, 4.69) is 12.2 Å². The number of benzene rings is 2. The molecule has 32 heavy (non-hydrogen) atoms. The Bertz CT molecular complexity index is 875. The number of nitro benzene ring substituents is 1. The lowest BCUT2D eigenvalue weighted by molar-refractivity contribution is -0.384. The fraction of sp³-hybridized carbons (Fsp3) is 0.417. The van der Waals surface area contributed by atoms with Gasteiger partial charge in [-0.05, 0) is 30.9 Å². The van der Waals surface area contributed by atoms with Crippen LogP contribution in [-0.2, 0) is 21.8 Å². The maximum absolute atomic E-state index is 13.0. The van der Waals surface area contributed by atoms with Crippen molar-refractivity contribution in [3.8, 4) is 0 Å². The number of unbranched alkanes of at least 4 members (excludes halogenated alkanes) is 1. The van der Waals surface area contributed by atoms with E-state index in [-0.39, 0.29) is 23.3 Å². The van der Waals surface area contributed by atoms with Gasteiger partial charge in [-0.15, -0.1) is 11.8 Å². The summed E-state index contributed by atoms with van der Waals surface area (Å²) < 4.78 is 0. The van der Waals surface area contributed by atoms with Crippen molar-refractivity contribution in [2.24, 2.45) is 0 Å². The van der Waals surface area contributed by atoms with Crippen LogP contribution in [0.5, 0.6) is 0 Å². The second-order valence-corrected chi connectivity index (χ2v) is 8.55. The second-order valence-electron chi connectivity index (χ2n) is 7.56. The fourth-order valence-electron chi connectivity index (χ4n) is 3.16. The van der Waals surface area contributed by atoms with Gasteiger partial charge in [-0.1, -0.05) is 55.8 Å². The van der Waals surface area contributed by atoms with E-state index in [0.717, 1.165) is 24.0 Å². The van der Waals surface area contributed by atoms with Gasteiger partial charge in [0.1, 0.15) is 6.04 Å². The molecule has 2 aromatic carbocycles. The number of hydrogen-bond donors (Lipinski definition) is 1. The van der Waals surface area contributed by atoms with E-state index in [0.29, 0.717) is 25.3 Å². The first kappa shape index (κ1) is 25.4. The predicted molar refractivity (Wildman–Crippen MR) is 128 cm³/mol. The molecule has 0 unspecified atom stereocenters. The van der Waals surface area contributed by atoms with Crippen LogP contribution in [0.15, 0.2) is 54.6 Å². The largest absolute Gasteiger partial charge is 0.354 e. The molecule has 172 valence electrons. The van der Waals surface area contributed by atoms with Crippen LogP contribution in [-0.4, -0.2) is 46.5 Å². The highest BCUT2D eigenvalue weighted by Gasteiger charge is 2.25. The zero-order chi connectivity index (χ0) is 23.3. The summed E-state index contributed by atoms with van der Waals surface area (Å²) in [5, 5.41) is 13.7. The van der Waals surface area contributed by atoms with Crippen LogP contribution in [0.1, 0.15) is 37.8 Å². The molecule has 0 fully saturated rings. The lowest BCUT2D eigenvalue weighted by Gasteiger charge is -2.28. The van der Waals surface area contributed by atoms with Gasteiger partial charge < -0.3 is 10.2 Å². The maximum Gasteiger partial charge on any atom is 0.269 e. The number of nitrogens with zero attached hydrogens (tertiary/aromatic N) is 2. The van der Waals surface area contributed by atoms with E-state index < -0.39 is 11.0 Å². The molecule has 0 aliphatic heterocycles. The van der Waals surface area contributed by atoms with Crippen molar-refractivity contribution >= 4 is 29.3 Å². The highest BCUT2D eigenvalue weighted by atomic mass is 32.2. The lowest BCUT2D eigenvalue weighted by Crippen LogP contribution is -2.49. The van der Waals surface area contributed by atoms with Crippen LogP contribution >= 0.6 is 11.8 Å². The van der Waals surface area contributed by atoms with Gasteiger partial charge in [-0.25, -0.2) is 0 Å². The van der Waals surface area contributed by atoms with Crippen molar-refractivity contribution in [3.05, 3.63) is 75.8 Å². The van der Waals surface area contributed by atoms with Crippen molar-refractivity contribution in [1.82, 2.24) is 10.2 Å². The van der Waals surface area contributed by atoms with E-state index in [1.54, 1.807) is 24.0 Å². The monoisotopic (exact) mass is 457 g/mol. The summed E-state index contributed by atoms with van der Waals surface area (Å²) in [6.45, 7) is 4.90. The Morgan fingerprint density at radius 2 is 1.78 bits per heavy atom. The molecule has 0 aromatic heterocycles. The molecule has 0 saturated carbocycles. The molecule has 0 radical (unpaired) electrons. The van der Waals surface area contributed by atoms with Crippen molar-refractivity contribution in [1.29, 1.82) is 0 Å². The number of nitro groups is 1. The number of nitrogens with one attached hydrogen (secondary N) is 1.